The van der Waals surface area contributed by atoms with Gasteiger partial charge < -0.3 is 15.0 Å². The van der Waals surface area contributed by atoms with Crippen LogP contribution in [-0.4, -0.2) is 47.1 Å². The Hall–Kier alpha value is -3.68. The molecule has 1 aliphatic rings. The third kappa shape index (κ3) is 4.58. The van der Waals surface area contributed by atoms with Gasteiger partial charge in [-0.25, -0.2) is 4.39 Å². The van der Waals surface area contributed by atoms with Crippen molar-refractivity contribution < 1.29 is 18.7 Å². The first kappa shape index (κ1) is 20.6. The Morgan fingerprint density at radius 3 is 2.77 bits per heavy atom. The number of aromatic nitrogens is 2. The second-order valence-corrected chi connectivity index (χ2v) is 7.45. The lowest BCUT2D eigenvalue weighted by molar-refractivity contribution is 0.0790. The summed E-state index contributed by atoms with van der Waals surface area (Å²) in [5, 5.41) is 9.92. The molecule has 1 fully saturated rings. The third-order valence-corrected chi connectivity index (χ3v) is 5.47. The number of benzene rings is 2. The topological polar surface area (TPSA) is 87.3 Å². The highest BCUT2D eigenvalue weighted by molar-refractivity contribution is 5.94. The molecule has 1 aliphatic heterocycles. The van der Waals surface area contributed by atoms with Gasteiger partial charge in [0.25, 0.3) is 11.8 Å². The van der Waals surface area contributed by atoms with E-state index in [2.05, 4.69) is 15.5 Å². The number of methoxy groups -OCH3 is 1. The predicted molar refractivity (Wildman–Crippen MR) is 112 cm³/mol. The van der Waals surface area contributed by atoms with Crippen LogP contribution in [0.5, 0.6) is 5.75 Å². The van der Waals surface area contributed by atoms with Crippen molar-refractivity contribution in [2.75, 3.05) is 20.2 Å². The van der Waals surface area contributed by atoms with Gasteiger partial charge in [0.15, 0.2) is 0 Å². The number of carbonyl (C=O) groups excluding carboxylic acids is 2. The molecule has 2 heterocycles. The average Bonchev–Trinajstić information content (AvgIpc) is 3.47. The molecular formula is C23H23FN4O3. The lowest BCUT2D eigenvalue weighted by Gasteiger charge is -2.16. The SMILES string of the molecule is COc1ccccc1CNC(=O)c1cc([C@@H]2CCN(C(=O)c3ccc(F)cc3)C2)[nH]n1. The molecule has 7 nitrogen and oxygen atoms in total. The average molecular weight is 422 g/mol. The summed E-state index contributed by atoms with van der Waals surface area (Å²) in [6.07, 6.45) is 0.761. The summed E-state index contributed by atoms with van der Waals surface area (Å²) in [5.74, 6) is -0.0117. The van der Waals surface area contributed by atoms with Gasteiger partial charge in [-0.2, -0.15) is 5.10 Å². The number of H-pyrrole nitrogens is 1. The van der Waals surface area contributed by atoms with Crippen LogP contribution >= 0.6 is 0 Å². The van der Waals surface area contributed by atoms with E-state index in [0.29, 0.717) is 36.6 Å². The molecule has 4 rings (SSSR count). The number of rotatable bonds is 6. The first-order valence-corrected chi connectivity index (χ1v) is 10.1. The second kappa shape index (κ2) is 8.99. The van der Waals surface area contributed by atoms with Gasteiger partial charge in [0, 0.05) is 42.4 Å². The highest BCUT2D eigenvalue weighted by Crippen LogP contribution is 2.27. The van der Waals surface area contributed by atoms with Crippen LogP contribution in [0.15, 0.2) is 54.6 Å². The maximum absolute atomic E-state index is 13.1. The van der Waals surface area contributed by atoms with Gasteiger partial charge in [-0.15, -0.1) is 0 Å². The summed E-state index contributed by atoms with van der Waals surface area (Å²) in [5.41, 5.74) is 2.45. The summed E-state index contributed by atoms with van der Waals surface area (Å²) < 4.78 is 18.4. The van der Waals surface area contributed by atoms with Crippen LogP contribution < -0.4 is 10.1 Å². The van der Waals surface area contributed by atoms with Crippen LogP contribution in [0.25, 0.3) is 0 Å². The molecule has 3 aromatic rings. The minimum atomic E-state index is -0.371. The smallest absolute Gasteiger partial charge is 0.272 e. The predicted octanol–water partition coefficient (Wildman–Crippen LogP) is 3.12. The Labute approximate surface area is 179 Å². The molecule has 160 valence electrons. The number of hydrogen-bond donors (Lipinski definition) is 2. The van der Waals surface area contributed by atoms with Gasteiger partial charge in [0.1, 0.15) is 17.3 Å². The zero-order chi connectivity index (χ0) is 21.8. The number of carbonyl (C=O) groups is 2. The molecule has 0 aliphatic carbocycles. The molecule has 1 atom stereocenters. The van der Waals surface area contributed by atoms with E-state index >= 15 is 0 Å². The normalized spacial score (nSPS) is 15.7. The van der Waals surface area contributed by atoms with Crippen LogP contribution in [0, 0.1) is 5.82 Å². The van der Waals surface area contributed by atoms with Crippen molar-refractivity contribution >= 4 is 11.8 Å². The summed E-state index contributed by atoms with van der Waals surface area (Å²) in [4.78, 5) is 26.9. The molecule has 1 aromatic heterocycles. The quantitative estimate of drug-likeness (QED) is 0.639. The Balaban J connectivity index is 1.36. The van der Waals surface area contributed by atoms with Gasteiger partial charge in [0.2, 0.25) is 0 Å². The first-order valence-electron chi connectivity index (χ1n) is 10.1. The minimum Gasteiger partial charge on any atom is -0.496 e. The number of halogens is 1. The molecule has 0 radical (unpaired) electrons. The highest BCUT2D eigenvalue weighted by Gasteiger charge is 2.29. The Morgan fingerprint density at radius 2 is 2.00 bits per heavy atom. The zero-order valence-corrected chi connectivity index (χ0v) is 17.1. The number of likely N-dealkylation sites (tertiary alicyclic amines) is 1. The highest BCUT2D eigenvalue weighted by atomic mass is 19.1. The summed E-state index contributed by atoms with van der Waals surface area (Å²) in [6, 6.07) is 14.8. The van der Waals surface area contributed by atoms with Gasteiger partial charge in [-0.3, -0.25) is 14.7 Å². The van der Waals surface area contributed by atoms with E-state index in [0.717, 1.165) is 17.7 Å². The Kier molecular flexibility index (Phi) is 5.97. The largest absolute Gasteiger partial charge is 0.496 e. The van der Waals surface area contributed by atoms with Crippen molar-refractivity contribution in [3.8, 4) is 5.75 Å². The van der Waals surface area contributed by atoms with Gasteiger partial charge in [-0.05, 0) is 42.8 Å². The van der Waals surface area contributed by atoms with E-state index in [1.54, 1.807) is 18.1 Å². The molecule has 0 spiro atoms. The summed E-state index contributed by atoms with van der Waals surface area (Å²) in [7, 11) is 1.59. The van der Waals surface area contributed by atoms with Crippen LogP contribution in [0.3, 0.4) is 0 Å². The van der Waals surface area contributed by atoms with Crippen molar-refractivity contribution in [1.82, 2.24) is 20.4 Å². The van der Waals surface area contributed by atoms with Crippen LogP contribution in [0.1, 0.15) is 44.4 Å². The fourth-order valence-corrected chi connectivity index (χ4v) is 3.75. The lowest BCUT2D eigenvalue weighted by Crippen LogP contribution is -2.28. The van der Waals surface area contributed by atoms with E-state index in [4.69, 9.17) is 4.74 Å². The molecule has 0 unspecified atom stereocenters. The Bertz CT molecular complexity index is 1080. The van der Waals surface area contributed by atoms with E-state index in [1.165, 1.54) is 24.3 Å². The van der Waals surface area contributed by atoms with E-state index in [-0.39, 0.29) is 23.5 Å². The second-order valence-electron chi connectivity index (χ2n) is 7.45. The van der Waals surface area contributed by atoms with E-state index in [1.807, 2.05) is 24.3 Å². The number of ether oxygens (including phenoxy) is 1. The first-order chi connectivity index (χ1) is 15.0. The number of para-hydroxylation sites is 1. The lowest BCUT2D eigenvalue weighted by atomic mass is 10.0. The molecule has 2 N–H and O–H groups in total. The van der Waals surface area contributed by atoms with Crippen LogP contribution in [-0.2, 0) is 6.54 Å². The van der Waals surface area contributed by atoms with Crippen LogP contribution in [0.2, 0.25) is 0 Å². The maximum atomic E-state index is 13.1. The van der Waals surface area contributed by atoms with Gasteiger partial charge in [0.05, 0.1) is 7.11 Å². The molecular weight excluding hydrogens is 399 g/mol. The van der Waals surface area contributed by atoms with Gasteiger partial charge in [-0.1, -0.05) is 18.2 Å². The number of aromatic amines is 1. The molecule has 8 heteroatoms. The molecule has 0 bridgehead atoms. The molecule has 0 saturated carbocycles. The fourth-order valence-electron chi connectivity index (χ4n) is 3.75. The standard InChI is InChI=1S/C23H23FN4O3/c1-31-21-5-3-2-4-16(21)13-25-22(29)20-12-19(26-27-20)17-10-11-28(14-17)23(30)15-6-8-18(24)9-7-15/h2-9,12,17H,10-11,13-14H2,1H3,(H,25,29)(H,26,27)/t17-/m1/s1. The van der Waals surface area contributed by atoms with Crippen molar-refractivity contribution in [3.05, 3.63) is 82.9 Å². The molecule has 2 amide bonds. The number of hydrogen-bond acceptors (Lipinski definition) is 4. The number of nitrogens with zero attached hydrogens (tertiary/aromatic N) is 2. The zero-order valence-electron chi connectivity index (χ0n) is 17.1. The number of nitrogens with one attached hydrogen (secondary N) is 2. The molecule has 2 aromatic carbocycles. The maximum Gasteiger partial charge on any atom is 0.272 e. The van der Waals surface area contributed by atoms with Gasteiger partial charge >= 0.3 is 0 Å². The summed E-state index contributed by atoms with van der Waals surface area (Å²) >= 11 is 0. The van der Waals surface area contributed by atoms with E-state index < -0.39 is 0 Å². The van der Waals surface area contributed by atoms with Crippen LogP contribution in [0.4, 0.5) is 4.39 Å². The third-order valence-electron chi connectivity index (χ3n) is 5.47. The van der Waals surface area contributed by atoms with Crippen molar-refractivity contribution in [3.63, 3.8) is 0 Å². The fraction of sp³-hybridized carbons (Fsp3) is 0.261. The number of amides is 2. The monoisotopic (exact) mass is 422 g/mol. The molecule has 1 saturated heterocycles. The minimum absolute atomic E-state index is 0.0627. The molecule has 31 heavy (non-hydrogen) atoms. The van der Waals surface area contributed by atoms with Crippen molar-refractivity contribution in [2.45, 2.75) is 18.9 Å². The van der Waals surface area contributed by atoms with E-state index in [9.17, 15) is 14.0 Å². The summed E-state index contributed by atoms with van der Waals surface area (Å²) in [6.45, 7) is 1.43. The van der Waals surface area contributed by atoms with Crippen molar-refractivity contribution in [1.29, 1.82) is 0 Å². The Morgan fingerprint density at radius 1 is 1.23 bits per heavy atom. The van der Waals surface area contributed by atoms with Crippen molar-refractivity contribution in [2.24, 2.45) is 0 Å².